The standard InChI is InChI=1S/C5H12O2.C5H10O2.C4H8O.CH2O.CH4/c2*1-5(2,3-6)4-7;1-4(2)3-5;1-2;/h6-7H,3-4H2,1-2H3;3,7H,4H2,1-2H3;3-4H,1-2H3;1H2;1H4. The summed E-state index contributed by atoms with van der Waals surface area (Å²) in [4.78, 5) is 27.4. The first kappa shape index (κ1) is 32.7. The first-order valence-electron chi connectivity index (χ1n) is 6.55. The van der Waals surface area contributed by atoms with Crippen LogP contribution in [0.15, 0.2) is 0 Å². The molecular weight excluding hydrogens is 288 g/mol. The second-order valence-electron chi connectivity index (χ2n) is 6.13. The van der Waals surface area contributed by atoms with E-state index in [-0.39, 0.29) is 38.6 Å². The molecule has 0 radical (unpaired) electrons. The Labute approximate surface area is 135 Å². The zero-order valence-electron chi connectivity index (χ0n) is 14.1. The lowest BCUT2D eigenvalue weighted by atomic mass is 9.97. The van der Waals surface area contributed by atoms with Crippen LogP contribution in [0, 0.1) is 16.7 Å². The molecule has 0 amide bonds. The average molecular weight is 324 g/mol. The van der Waals surface area contributed by atoms with Gasteiger partial charge in [-0.05, 0) is 0 Å². The van der Waals surface area contributed by atoms with Crippen LogP contribution in [0.4, 0.5) is 0 Å². The Bertz CT molecular complexity index is 231. The van der Waals surface area contributed by atoms with Crippen molar-refractivity contribution in [3.05, 3.63) is 0 Å². The van der Waals surface area contributed by atoms with E-state index < -0.39 is 5.41 Å². The molecule has 0 aliphatic rings. The minimum Gasteiger partial charge on any atom is -0.396 e. The zero-order valence-corrected chi connectivity index (χ0v) is 14.1. The van der Waals surface area contributed by atoms with Crippen molar-refractivity contribution in [1.82, 2.24) is 0 Å². The Kier molecular flexibility index (Phi) is 29.6. The van der Waals surface area contributed by atoms with Crippen LogP contribution < -0.4 is 0 Å². The van der Waals surface area contributed by atoms with Crippen molar-refractivity contribution in [3.63, 3.8) is 0 Å². The number of aliphatic hydroxyl groups excluding tert-OH is 3. The normalized spacial score (nSPS) is 9.55. The molecule has 0 rings (SSSR count). The molecule has 0 aromatic carbocycles. The van der Waals surface area contributed by atoms with Gasteiger partial charge in [-0.25, -0.2) is 0 Å². The molecule has 0 aromatic rings. The predicted molar refractivity (Wildman–Crippen MR) is 89.6 cm³/mol. The zero-order chi connectivity index (χ0) is 18.1. The van der Waals surface area contributed by atoms with E-state index in [1.165, 1.54) is 0 Å². The van der Waals surface area contributed by atoms with E-state index in [1.807, 2.05) is 20.6 Å². The Morgan fingerprint density at radius 1 is 0.909 bits per heavy atom. The molecule has 0 heterocycles. The fraction of sp³-hybridized carbons (Fsp3) is 0.812. The van der Waals surface area contributed by atoms with Gasteiger partial charge in [0.05, 0.1) is 19.8 Å². The molecule has 0 saturated carbocycles. The van der Waals surface area contributed by atoms with Crippen LogP contribution in [-0.4, -0.2) is 54.5 Å². The monoisotopic (exact) mass is 324 g/mol. The van der Waals surface area contributed by atoms with E-state index in [9.17, 15) is 9.59 Å². The Morgan fingerprint density at radius 3 is 1.18 bits per heavy atom. The van der Waals surface area contributed by atoms with E-state index in [0.29, 0.717) is 0 Å². The fourth-order valence-electron chi connectivity index (χ4n) is 0.0873. The summed E-state index contributed by atoms with van der Waals surface area (Å²) in [6.45, 7) is 12.7. The maximum atomic E-state index is 9.90. The number of carbonyl (C=O) groups excluding carboxylic acids is 3. The second kappa shape index (κ2) is 19.9. The van der Waals surface area contributed by atoms with E-state index in [1.54, 1.807) is 27.7 Å². The molecule has 6 nitrogen and oxygen atoms in total. The van der Waals surface area contributed by atoms with Crippen LogP contribution in [-0.2, 0) is 14.4 Å². The van der Waals surface area contributed by atoms with Crippen LogP contribution in [0.25, 0.3) is 0 Å². The first-order chi connectivity index (χ1) is 9.51. The molecular formula is C16H36O6. The largest absolute Gasteiger partial charge is 0.396 e. The summed E-state index contributed by atoms with van der Waals surface area (Å²) in [7, 11) is 0. The van der Waals surface area contributed by atoms with Gasteiger partial charge in [0.15, 0.2) is 0 Å². The van der Waals surface area contributed by atoms with Gasteiger partial charge < -0.3 is 29.7 Å². The van der Waals surface area contributed by atoms with Crippen LogP contribution >= 0.6 is 0 Å². The van der Waals surface area contributed by atoms with Crippen LogP contribution in [0.1, 0.15) is 49.0 Å². The number of aliphatic hydroxyl groups is 3. The molecule has 22 heavy (non-hydrogen) atoms. The Hall–Kier alpha value is -1.11. The van der Waals surface area contributed by atoms with Gasteiger partial charge in [0.25, 0.3) is 0 Å². The molecule has 0 aliphatic carbocycles. The lowest BCUT2D eigenvalue weighted by Gasteiger charge is -2.16. The molecule has 0 saturated heterocycles. The highest BCUT2D eigenvalue weighted by molar-refractivity contribution is 5.57. The molecule has 136 valence electrons. The highest BCUT2D eigenvalue weighted by atomic mass is 16.3. The topological polar surface area (TPSA) is 112 Å². The first-order valence-corrected chi connectivity index (χ1v) is 6.55. The van der Waals surface area contributed by atoms with Gasteiger partial charge in [-0.15, -0.1) is 0 Å². The summed E-state index contributed by atoms with van der Waals surface area (Å²) in [5, 5.41) is 25.2. The average Bonchev–Trinajstić information content (AvgIpc) is 2.50. The van der Waals surface area contributed by atoms with Crippen molar-refractivity contribution < 1.29 is 29.7 Å². The summed E-state index contributed by atoms with van der Waals surface area (Å²) in [6, 6.07) is 0. The smallest absolute Gasteiger partial charge is 0.127 e. The Morgan fingerprint density at radius 2 is 1.18 bits per heavy atom. The number of hydrogen-bond acceptors (Lipinski definition) is 6. The molecule has 0 aliphatic heterocycles. The number of carbonyl (C=O) groups is 3. The Balaban J connectivity index is -0.0000000615. The van der Waals surface area contributed by atoms with Crippen molar-refractivity contribution in [1.29, 1.82) is 0 Å². The number of aldehydes is 2. The van der Waals surface area contributed by atoms with Gasteiger partial charge in [0.1, 0.15) is 19.4 Å². The molecule has 6 heteroatoms. The van der Waals surface area contributed by atoms with Crippen LogP contribution in [0.3, 0.4) is 0 Å². The summed E-state index contributed by atoms with van der Waals surface area (Å²) in [5.41, 5.74) is -0.847. The molecule has 0 bridgehead atoms. The molecule has 0 unspecified atom stereocenters. The van der Waals surface area contributed by atoms with Gasteiger partial charge in [-0.3, -0.25) is 0 Å². The van der Waals surface area contributed by atoms with Gasteiger partial charge in [-0.1, -0.05) is 49.0 Å². The van der Waals surface area contributed by atoms with E-state index in [4.69, 9.17) is 20.1 Å². The van der Waals surface area contributed by atoms with Crippen molar-refractivity contribution in [2.24, 2.45) is 16.7 Å². The van der Waals surface area contributed by atoms with Gasteiger partial charge >= 0.3 is 0 Å². The SMILES string of the molecule is C.C=O.CC(C)(C=O)CO.CC(C)(CO)CO.CC(C)C=O. The maximum absolute atomic E-state index is 9.90. The summed E-state index contributed by atoms with van der Waals surface area (Å²) in [6.07, 6.45) is 1.66. The van der Waals surface area contributed by atoms with E-state index in [2.05, 4.69) is 0 Å². The molecule has 0 aromatic heterocycles. The van der Waals surface area contributed by atoms with Crippen LogP contribution in [0.5, 0.6) is 0 Å². The summed E-state index contributed by atoms with van der Waals surface area (Å²) in [5.74, 6) is 0.204. The maximum Gasteiger partial charge on any atom is 0.127 e. The third kappa shape index (κ3) is 36.4. The van der Waals surface area contributed by atoms with Gasteiger partial charge in [0.2, 0.25) is 0 Å². The van der Waals surface area contributed by atoms with Crippen molar-refractivity contribution >= 4 is 19.4 Å². The molecule has 0 spiro atoms. The molecule has 3 N–H and O–H groups in total. The number of rotatable bonds is 5. The van der Waals surface area contributed by atoms with E-state index in [0.717, 1.165) is 12.6 Å². The lowest BCUT2D eigenvalue weighted by molar-refractivity contribution is -0.116. The second-order valence-corrected chi connectivity index (χ2v) is 6.13. The van der Waals surface area contributed by atoms with Gasteiger partial charge in [0, 0.05) is 16.7 Å². The van der Waals surface area contributed by atoms with E-state index >= 15 is 0 Å². The predicted octanol–water partition coefficient (Wildman–Crippen LogP) is 1.49. The molecule has 0 fully saturated rings. The summed E-state index contributed by atoms with van der Waals surface area (Å²) < 4.78 is 0. The minimum absolute atomic E-state index is 0. The molecule has 0 atom stereocenters. The quantitative estimate of drug-likeness (QED) is 0.661. The minimum atomic E-state index is -0.542. The van der Waals surface area contributed by atoms with Crippen molar-refractivity contribution in [2.45, 2.75) is 49.0 Å². The third-order valence-corrected chi connectivity index (χ3v) is 1.85. The summed E-state index contributed by atoms with van der Waals surface area (Å²) >= 11 is 0. The lowest BCUT2D eigenvalue weighted by Crippen LogP contribution is -2.20. The fourth-order valence-corrected chi connectivity index (χ4v) is 0.0873. The third-order valence-electron chi connectivity index (χ3n) is 1.85. The highest BCUT2D eigenvalue weighted by Crippen LogP contribution is 2.10. The van der Waals surface area contributed by atoms with Crippen molar-refractivity contribution in [3.8, 4) is 0 Å². The van der Waals surface area contributed by atoms with Crippen LogP contribution in [0.2, 0.25) is 0 Å². The highest BCUT2D eigenvalue weighted by Gasteiger charge is 2.13. The number of hydrogen-bond donors (Lipinski definition) is 3. The van der Waals surface area contributed by atoms with Gasteiger partial charge in [-0.2, -0.15) is 0 Å². The van der Waals surface area contributed by atoms with Crippen molar-refractivity contribution in [2.75, 3.05) is 19.8 Å².